The summed E-state index contributed by atoms with van der Waals surface area (Å²) >= 11 is 0. The zero-order chi connectivity index (χ0) is 12.2. The summed E-state index contributed by atoms with van der Waals surface area (Å²) in [6, 6.07) is -0.210. The fourth-order valence-corrected chi connectivity index (χ4v) is 1.29. The monoisotopic (exact) mass is 241 g/mol. The van der Waals surface area contributed by atoms with E-state index in [4.69, 9.17) is 5.11 Å². The Morgan fingerprint density at radius 3 is 2.75 bits per heavy atom. The van der Waals surface area contributed by atoms with Crippen molar-refractivity contribution < 1.29 is 23.1 Å². The third-order valence-electron chi connectivity index (χ3n) is 2.22. The molecular weight excluding hydrogens is 227 g/mol. The molecule has 8 heteroatoms. The van der Waals surface area contributed by atoms with Crippen LogP contribution in [-0.4, -0.2) is 61.0 Å². The third kappa shape index (κ3) is 3.86. The highest BCUT2D eigenvalue weighted by Gasteiger charge is 2.37. The number of aliphatic hydroxyl groups excluding tert-OH is 1. The molecule has 0 aromatic heterocycles. The number of hydrogen-bond donors (Lipinski definition) is 3. The van der Waals surface area contributed by atoms with Crippen LogP contribution in [0.4, 0.5) is 18.0 Å². The summed E-state index contributed by atoms with van der Waals surface area (Å²) in [6.45, 7) is 1.11. The Bertz CT molecular complexity index is 247. The Morgan fingerprint density at radius 2 is 2.25 bits per heavy atom. The molecule has 1 aliphatic rings. The van der Waals surface area contributed by atoms with Crippen LogP contribution < -0.4 is 10.6 Å². The van der Waals surface area contributed by atoms with Gasteiger partial charge >= 0.3 is 12.2 Å². The molecule has 1 saturated heterocycles. The molecule has 16 heavy (non-hydrogen) atoms. The van der Waals surface area contributed by atoms with Gasteiger partial charge in [-0.15, -0.1) is 0 Å². The van der Waals surface area contributed by atoms with Crippen LogP contribution in [0.1, 0.15) is 0 Å². The number of rotatable bonds is 5. The summed E-state index contributed by atoms with van der Waals surface area (Å²) in [7, 11) is 0. The Hall–Kier alpha value is -1.02. The second-order valence-electron chi connectivity index (χ2n) is 3.48. The topological polar surface area (TPSA) is 64.6 Å². The first kappa shape index (κ1) is 13.0. The Labute approximate surface area is 90.6 Å². The van der Waals surface area contributed by atoms with E-state index in [1.807, 2.05) is 0 Å². The third-order valence-corrected chi connectivity index (χ3v) is 2.22. The van der Waals surface area contributed by atoms with Gasteiger partial charge in [-0.3, -0.25) is 0 Å². The molecule has 1 heterocycles. The second-order valence-corrected chi connectivity index (χ2v) is 3.48. The summed E-state index contributed by atoms with van der Waals surface area (Å²) in [5, 5.41) is 13.7. The SMILES string of the molecule is O=C1NCCN1CCNCC(O)C(F)(F)F. The minimum Gasteiger partial charge on any atom is -0.382 e. The van der Waals surface area contributed by atoms with Crippen molar-refractivity contribution in [2.24, 2.45) is 0 Å². The predicted octanol–water partition coefficient (Wildman–Crippen LogP) is -0.476. The number of aliphatic hydroxyl groups is 1. The smallest absolute Gasteiger partial charge is 0.382 e. The van der Waals surface area contributed by atoms with E-state index in [9.17, 15) is 18.0 Å². The number of nitrogens with zero attached hydrogens (tertiary/aromatic N) is 1. The average molecular weight is 241 g/mol. The van der Waals surface area contributed by atoms with Gasteiger partial charge in [0.2, 0.25) is 0 Å². The molecule has 0 aliphatic carbocycles. The lowest BCUT2D eigenvalue weighted by molar-refractivity contribution is -0.201. The van der Waals surface area contributed by atoms with Crippen LogP contribution in [0, 0.1) is 0 Å². The molecule has 94 valence electrons. The van der Waals surface area contributed by atoms with Crippen molar-refractivity contribution in [2.75, 3.05) is 32.7 Å². The first-order chi connectivity index (χ1) is 7.41. The Morgan fingerprint density at radius 1 is 1.56 bits per heavy atom. The molecule has 5 nitrogen and oxygen atoms in total. The van der Waals surface area contributed by atoms with Crippen LogP contribution in [0.25, 0.3) is 0 Å². The molecule has 1 atom stereocenters. The summed E-state index contributed by atoms with van der Waals surface area (Å²) < 4.78 is 35.6. The van der Waals surface area contributed by atoms with Crippen molar-refractivity contribution in [2.45, 2.75) is 12.3 Å². The molecule has 0 saturated carbocycles. The van der Waals surface area contributed by atoms with E-state index in [1.165, 1.54) is 4.90 Å². The second kappa shape index (κ2) is 5.35. The average Bonchev–Trinajstić information content (AvgIpc) is 2.57. The number of hydrogen-bond acceptors (Lipinski definition) is 3. The van der Waals surface area contributed by atoms with Crippen LogP contribution in [0.2, 0.25) is 0 Å². The molecule has 0 radical (unpaired) electrons. The number of carbonyl (C=O) groups is 1. The number of nitrogens with one attached hydrogen (secondary N) is 2. The van der Waals surface area contributed by atoms with E-state index in [0.29, 0.717) is 19.6 Å². The minimum absolute atomic E-state index is 0.210. The maximum absolute atomic E-state index is 11.9. The molecule has 1 fully saturated rings. The highest BCUT2D eigenvalue weighted by Crippen LogP contribution is 2.18. The quantitative estimate of drug-likeness (QED) is 0.570. The molecule has 2 amide bonds. The van der Waals surface area contributed by atoms with Gasteiger partial charge in [-0.2, -0.15) is 13.2 Å². The van der Waals surface area contributed by atoms with Gasteiger partial charge in [0.15, 0.2) is 6.10 Å². The highest BCUT2D eigenvalue weighted by molar-refractivity contribution is 5.76. The van der Waals surface area contributed by atoms with Gasteiger partial charge in [0.05, 0.1) is 0 Å². The standard InChI is InChI=1S/C8H14F3N3O2/c9-8(10,11)6(15)5-12-1-3-14-4-2-13-7(14)16/h6,12,15H,1-5H2,(H,13,16). The van der Waals surface area contributed by atoms with Crippen molar-refractivity contribution in [3.05, 3.63) is 0 Å². The van der Waals surface area contributed by atoms with Gasteiger partial charge in [-0.25, -0.2) is 4.79 Å². The van der Waals surface area contributed by atoms with Crippen LogP contribution in [0.3, 0.4) is 0 Å². The first-order valence-electron chi connectivity index (χ1n) is 4.89. The molecule has 3 N–H and O–H groups in total. The van der Waals surface area contributed by atoms with Crippen LogP contribution in [-0.2, 0) is 0 Å². The molecule has 0 aromatic carbocycles. The Balaban J connectivity index is 2.10. The molecular formula is C8H14F3N3O2. The fraction of sp³-hybridized carbons (Fsp3) is 0.875. The number of alkyl halides is 3. The maximum Gasteiger partial charge on any atom is 0.415 e. The summed E-state index contributed by atoms with van der Waals surface area (Å²) in [5.74, 6) is 0. The lowest BCUT2D eigenvalue weighted by Gasteiger charge is -2.17. The van der Waals surface area contributed by atoms with Gasteiger partial charge < -0.3 is 20.6 Å². The van der Waals surface area contributed by atoms with Gasteiger partial charge in [-0.1, -0.05) is 0 Å². The van der Waals surface area contributed by atoms with Crippen LogP contribution >= 0.6 is 0 Å². The van der Waals surface area contributed by atoms with Crippen molar-refractivity contribution >= 4 is 6.03 Å². The maximum atomic E-state index is 11.9. The van der Waals surface area contributed by atoms with E-state index in [0.717, 1.165) is 0 Å². The van der Waals surface area contributed by atoms with Crippen LogP contribution in [0.5, 0.6) is 0 Å². The molecule has 1 aliphatic heterocycles. The first-order valence-corrected chi connectivity index (χ1v) is 4.89. The lowest BCUT2D eigenvalue weighted by atomic mass is 10.3. The normalized spacial score (nSPS) is 18.8. The van der Waals surface area contributed by atoms with Gasteiger partial charge in [0.25, 0.3) is 0 Å². The number of amides is 2. The van der Waals surface area contributed by atoms with Crippen LogP contribution in [0.15, 0.2) is 0 Å². The zero-order valence-corrected chi connectivity index (χ0v) is 8.55. The molecule has 0 aromatic rings. The molecule has 0 spiro atoms. The van der Waals surface area contributed by atoms with Gasteiger partial charge in [0.1, 0.15) is 0 Å². The number of carbonyl (C=O) groups excluding carboxylic acids is 1. The fourth-order valence-electron chi connectivity index (χ4n) is 1.29. The number of halogens is 3. The lowest BCUT2D eigenvalue weighted by Crippen LogP contribution is -2.41. The van der Waals surface area contributed by atoms with E-state index in [-0.39, 0.29) is 12.6 Å². The van der Waals surface area contributed by atoms with E-state index < -0.39 is 18.8 Å². The molecule has 1 rings (SSSR count). The minimum atomic E-state index is -4.60. The van der Waals surface area contributed by atoms with Crippen molar-refractivity contribution in [3.8, 4) is 0 Å². The zero-order valence-electron chi connectivity index (χ0n) is 8.55. The largest absolute Gasteiger partial charge is 0.415 e. The van der Waals surface area contributed by atoms with Crippen molar-refractivity contribution in [3.63, 3.8) is 0 Å². The summed E-state index contributed by atoms with van der Waals surface area (Å²) in [5.41, 5.74) is 0. The van der Waals surface area contributed by atoms with E-state index in [1.54, 1.807) is 0 Å². The Kier molecular flexibility index (Phi) is 4.36. The van der Waals surface area contributed by atoms with Crippen molar-refractivity contribution in [1.29, 1.82) is 0 Å². The van der Waals surface area contributed by atoms with Gasteiger partial charge in [0, 0.05) is 32.7 Å². The van der Waals surface area contributed by atoms with E-state index in [2.05, 4.69) is 10.6 Å². The predicted molar refractivity (Wildman–Crippen MR) is 49.9 cm³/mol. The molecule has 1 unspecified atom stereocenters. The number of urea groups is 1. The summed E-state index contributed by atoms with van der Waals surface area (Å²) in [6.07, 6.45) is -6.96. The van der Waals surface area contributed by atoms with Gasteiger partial charge in [-0.05, 0) is 0 Å². The van der Waals surface area contributed by atoms with E-state index >= 15 is 0 Å². The highest BCUT2D eigenvalue weighted by atomic mass is 19.4. The summed E-state index contributed by atoms with van der Waals surface area (Å²) in [4.78, 5) is 12.5. The van der Waals surface area contributed by atoms with Crippen molar-refractivity contribution in [1.82, 2.24) is 15.5 Å². The molecule has 0 bridgehead atoms.